The van der Waals surface area contributed by atoms with Crippen LogP contribution in [0.15, 0.2) is 54.6 Å². The summed E-state index contributed by atoms with van der Waals surface area (Å²) in [5, 5.41) is 15.1. The number of anilines is 1. The number of nitrogens with one attached hydrogen (secondary N) is 2. The van der Waals surface area contributed by atoms with Crippen LogP contribution in [-0.4, -0.2) is 54.7 Å². The third kappa shape index (κ3) is 4.61. The van der Waals surface area contributed by atoms with Crippen molar-refractivity contribution in [1.82, 2.24) is 15.5 Å². The zero-order chi connectivity index (χ0) is 19.9. The van der Waals surface area contributed by atoms with E-state index in [-0.39, 0.29) is 11.7 Å². The van der Waals surface area contributed by atoms with Crippen LogP contribution in [0.25, 0.3) is 0 Å². The number of phenolic OH excluding ortho intramolecular Hbond substituents is 1. The number of urea groups is 1. The van der Waals surface area contributed by atoms with Crippen LogP contribution in [0.2, 0.25) is 0 Å². The summed E-state index contributed by atoms with van der Waals surface area (Å²) >= 11 is 0. The maximum absolute atomic E-state index is 12.9. The number of amides is 3. The monoisotopic (exact) mass is 382 g/mol. The second-order valence-corrected chi connectivity index (χ2v) is 6.67. The number of para-hydroxylation sites is 2. The largest absolute Gasteiger partial charge is 0.506 e. The van der Waals surface area contributed by atoms with E-state index in [0.29, 0.717) is 32.7 Å². The Bertz CT molecular complexity index is 804. The predicted molar refractivity (Wildman–Crippen MR) is 108 cm³/mol. The summed E-state index contributed by atoms with van der Waals surface area (Å²) < 4.78 is 0. The van der Waals surface area contributed by atoms with Crippen molar-refractivity contribution >= 4 is 17.6 Å². The molecule has 0 aliphatic carbocycles. The molecule has 0 bridgehead atoms. The van der Waals surface area contributed by atoms with Gasteiger partial charge in [0, 0.05) is 32.7 Å². The number of imide groups is 1. The minimum absolute atomic E-state index is 0.254. The molecule has 2 aromatic carbocycles. The maximum atomic E-state index is 12.9. The van der Waals surface area contributed by atoms with Crippen molar-refractivity contribution in [2.75, 3.05) is 37.6 Å². The van der Waals surface area contributed by atoms with Gasteiger partial charge in [0.2, 0.25) is 5.91 Å². The lowest BCUT2D eigenvalue weighted by Crippen LogP contribution is -2.52. The fourth-order valence-electron chi connectivity index (χ4n) is 3.50. The van der Waals surface area contributed by atoms with E-state index in [1.165, 1.54) is 0 Å². The lowest BCUT2D eigenvalue weighted by atomic mass is 10.0. The lowest BCUT2D eigenvalue weighted by Gasteiger charge is -2.39. The molecule has 3 rings (SSSR count). The lowest BCUT2D eigenvalue weighted by molar-refractivity contribution is -0.125. The normalized spacial score (nSPS) is 15.7. The maximum Gasteiger partial charge on any atom is 0.321 e. The average molecular weight is 382 g/mol. The molecular formula is C21H26N4O3. The topological polar surface area (TPSA) is 84.9 Å². The fraction of sp³-hybridized carbons (Fsp3) is 0.333. The average Bonchev–Trinajstić information content (AvgIpc) is 2.70. The van der Waals surface area contributed by atoms with E-state index in [1.807, 2.05) is 42.5 Å². The van der Waals surface area contributed by atoms with Crippen molar-refractivity contribution in [2.24, 2.45) is 0 Å². The molecule has 0 saturated carbocycles. The van der Waals surface area contributed by atoms with Crippen LogP contribution in [0.3, 0.4) is 0 Å². The molecule has 2 aromatic rings. The predicted octanol–water partition coefficient (Wildman–Crippen LogP) is 2.10. The number of carbonyl (C=O) groups excluding carboxylic acids is 2. The second kappa shape index (κ2) is 9.23. The number of piperazine rings is 1. The highest BCUT2D eigenvalue weighted by Crippen LogP contribution is 2.29. The molecule has 1 fully saturated rings. The van der Waals surface area contributed by atoms with E-state index in [2.05, 4.69) is 20.4 Å². The fourth-order valence-corrected chi connectivity index (χ4v) is 3.50. The zero-order valence-corrected chi connectivity index (χ0v) is 16.0. The first-order chi connectivity index (χ1) is 13.6. The first-order valence-corrected chi connectivity index (χ1v) is 9.50. The summed E-state index contributed by atoms with van der Waals surface area (Å²) in [5.74, 6) is -0.0855. The van der Waals surface area contributed by atoms with Crippen LogP contribution < -0.4 is 15.5 Å². The minimum Gasteiger partial charge on any atom is -0.506 e. The summed E-state index contributed by atoms with van der Waals surface area (Å²) in [4.78, 5) is 28.9. The molecule has 1 aliphatic rings. The molecule has 3 amide bonds. The highest BCUT2D eigenvalue weighted by molar-refractivity contribution is 5.97. The van der Waals surface area contributed by atoms with Gasteiger partial charge in [0.15, 0.2) is 0 Å². The van der Waals surface area contributed by atoms with Gasteiger partial charge in [0.05, 0.1) is 5.69 Å². The number of phenols is 1. The molecule has 1 atom stereocenters. The van der Waals surface area contributed by atoms with Crippen molar-refractivity contribution in [3.8, 4) is 5.75 Å². The zero-order valence-electron chi connectivity index (χ0n) is 16.0. The number of aromatic hydroxyl groups is 1. The summed E-state index contributed by atoms with van der Waals surface area (Å²) in [7, 11) is 0. The number of nitrogens with zero attached hydrogens (tertiary/aromatic N) is 2. The third-order valence-electron chi connectivity index (χ3n) is 4.84. The Kier molecular flexibility index (Phi) is 6.49. The minimum atomic E-state index is -0.546. The molecule has 148 valence electrons. The summed E-state index contributed by atoms with van der Waals surface area (Å²) in [6, 6.07) is 15.7. The molecule has 0 aromatic heterocycles. The Hall–Kier alpha value is -3.06. The van der Waals surface area contributed by atoms with Gasteiger partial charge in [0.25, 0.3) is 0 Å². The number of benzene rings is 2. The second-order valence-electron chi connectivity index (χ2n) is 6.67. The van der Waals surface area contributed by atoms with Crippen LogP contribution in [0.1, 0.15) is 18.5 Å². The van der Waals surface area contributed by atoms with Crippen molar-refractivity contribution in [3.05, 3.63) is 60.2 Å². The van der Waals surface area contributed by atoms with E-state index in [1.54, 1.807) is 19.1 Å². The standard InChI is InChI=1S/C21H26N4O3/c1-2-22-21(28)23-20(27)19(16-8-4-3-5-9-16)25-14-12-24(13-15-25)17-10-6-7-11-18(17)26/h3-11,19,26H,2,12-15H2,1H3,(H2,22,23,27,28). The summed E-state index contributed by atoms with van der Waals surface area (Å²) in [6.45, 7) is 4.88. The van der Waals surface area contributed by atoms with Gasteiger partial charge in [-0.3, -0.25) is 15.0 Å². The Balaban J connectivity index is 1.74. The molecule has 7 nitrogen and oxygen atoms in total. The molecule has 7 heteroatoms. The van der Waals surface area contributed by atoms with Gasteiger partial charge in [-0.1, -0.05) is 42.5 Å². The van der Waals surface area contributed by atoms with E-state index in [4.69, 9.17) is 0 Å². The van der Waals surface area contributed by atoms with Crippen LogP contribution in [0, 0.1) is 0 Å². The van der Waals surface area contributed by atoms with Crippen LogP contribution in [-0.2, 0) is 4.79 Å². The highest BCUT2D eigenvalue weighted by Gasteiger charge is 2.31. The van der Waals surface area contributed by atoms with Crippen molar-refractivity contribution in [1.29, 1.82) is 0 Å². The van der Waals surface area contributed by atoms with Crippen molar-refractivity contribution in [2.45, 2.75) is 13.0 Å². The van der Waals surface area contributed by atoms with E-state index in [0.717, 1.165) is 11.3 Å². The van der Waals surface area contributed by atoms with Gasteiger partial charge in [-0.2, -0.15) is 0 Å². The van der Waals surface area contributed by atoms with Gasteiger partial charge in [-0.15, -0.1) is 0 Å². The Labute approximate surface area is 165 Å². The Morgan fingerprint density at radius 1 is 1.00 bits per heavy atom. The van der Waals surface area contributed by atoms with Crippen molar-refractivity contribution < 1.29 is 14.7 Å². The highest BCUT2D eigenvalue weighted by atomic mass is 16.3. The van der Waals surface area contributed by atoms with Crippen LogP contribution >= 0.6 is 0 Å². The molecule has 3 N–H and O–H groups in total. The molecular weight excluding hydrogens is 356 g/mol. The number of hydrogen-bond donors (Lipinski definition) is 3. The first kappa shape index (κ1) is 19.7. The summed E-state index contributed by atoms with van der Waals surface area (Å²) in [6.07, 6.45) is 0. The number of hydrogen-bond acceptors (Lipinski definition) is 5. The van der Waals surface area contributed by atoms with Gasteiger partial charge in [0.1, 0.15) is 11.8 Å². The number of rotatable bonds is 5. The van der Waals surface area contributed by atoms with Gasteiger partial charge < -0.3 is 15.3 Å². The van der Waals surface area contributed by atoms with Crippen molar-refractivity contribution in [3.63, 3.8) is 0 Å². The summed E-state index contributed by atoms with van der Waals surface area (Å²) in [5.41, 5.74) is 1.64. The SMILES string of the molecule is CCNC(=O)NC(=O)C(c1ccccc1)N1CCN(c2ccccc2O)CC1. The molecule has 28 heavy (non-hydrogen) atoms. The molecule has 1 unspecified atom stereocenters. The quantitative estimate of drug-likeness (QED) is 0.738. The molecule has 1 aliphatic heterocycles. The van der Waals surface area contributed by atoms with E-state index in [9.17, 15) is 14.7 Å². The van der Waals surface area contributed by atoms with Gasteiger partial charge in [-0.25, -0.2) is 4.79 Å². The Morgan fingerprint density at radius 2 is 1.64 bits per heavy atom. The molecule has 1 heterocycles. The number of carbonyl (C=O) groups is 2. The van der Waals surface area contributed by atoms with Crippen LogP contribution in [0.5, 0.6) is 5.75 Å². The molecule has 0 spiro atoms. The van der Waals surface area contributed by atoms with Crippen LogP contribution in [0.4, 0.5) is 10.5 Å². The molecule has 0 radical (unpaired) electrons. The van der Waals surface area contributed by atoms with Gasteiger partial charge >= 0.3 is 6.03 Å². The Morgan fingerprint density at radius 3 is 2.29 bits per heavy atom. The van der Waals surface area contributed by atoms with E-state index >= 15 is 0 Å². The smallest absolute Gasteiger partial charge is 0.321 e. The van der Waals surface area contributed by atoms with Gasteiger partial charge in [-0.05, 0) is 24.6 Å². The third-order valence-corrected chi connectivity index (χ3v) is 4.84. The van der Waals surface area contributed by atoms with E-state index < -0.39 is 12.1 Å². The molecule has 1 saturated heterocycles. The first-order valence-electron chi connectivity index (χ1n) is 9.50.